The Morgan fingerprint density at radius 2 is 1.35 bits per heavy atom. The third kappa shape index (κ3) is 31.9. The first kappa shape index (κ1) is 55.1. The van der Waals surface area contributed by atoms with Gasteiger partial charge >= 0.3 is 19.8 Å². The molecule has 0 fully saturated rings. The maximum absolute atomic E-state index is 12.7. The number of carbonyl (C=O) groups excluding carboxylic acids is 3. The first-order valence-corrected chi connectivity index (χ1v) is 24.2. The second-order valence-electron chi connectivity index (χ2n) is 16.7. The van der Waals surface area contributed by atoms with E-state index < -0.39 is 38.6 Å². The van der Waals surface area contributed by atoms with Crippen LogP contribution in [-0.4, -0.2) is 91.9 Å². The average Bonchev–Trinajstić information content (AvgIpc) is 3.55. The summed E-state index contributed by atoms with van der Waals surface area (Å²) < 4.78 is 34.2. The van der Waals surface area contributed by atoms with Crippen LogP contribution in [0.4, 0.5) is 0 Å². The van der Waals surface area contributed by atoms with Gasteiger partial charge in [0.25, 0.3) is 0 Å². The molecule has 1 aliphatic carbocycles. The summed E-state index contributed by atoms with van der Waals surface area (Å²) in [6.45, 7) is 4.01. The molecule has 0 radical (unpaired) electrons. The molecule has 0 aliphatic heterocycles. The number of hydrogen-bond donors (Lipinski definition) is 2. The van der Waals surface area contributed by atoms with Gasteiger partial charge in [0.05, 0.1) is 33.9 Å². The van der Waals surface area contributed by atoms with E-state index in [-0.39, 0.29) is 43.7 Å². The minimum Gasteiger partial charge on any atom is -0.462 e. The molecule has 0 aromatic carbocycles. The van der Waals surface area contributed by atoms with E-state index in [2.05, 4.69) is 44.2 Å². The van der Waals surface area contributed by atoms with E-state index >= 15 is 0 Å². The van der Waals surface area contributed by atoms with Crippen LogP contribution >= 0.6 is 7.82 Å². The summed E-state index contributed by atoms with van der Waals surface area (Å²) in [5.74, 6) is -1.23. The number of unbranched alkanes of at least 4 members (excludes halogenated alkanes) is 10. The van der Waals surface area contributed by atoms with E-state index in [0.29, 0.717) is 49.6 Å². The molecule has 5 atom stereocenters. The number of likely N-dealkylation sites (N-methyl/N-ethyl adjacent to an activating group) is 1. The molecule has 0 aromatic rings. The maximum atomic E-state index is 12.7. The highest BCUT2D eigenvalue weighted by atomic mass is 31.2. The Bertz CT molecular complexity index is 1400. The molecule has 12 heteroatoms. The van der Waals surface area contributed by atoms with E-state index in [1.165, 1.54) is 38.5 Å². The summed E-state index contributed by atoms with van der Waals surface area (Å²) in [4.78, 5) is 47.9. The van der Waals surface area contributed by atoms with Gasteiger partial charge in [-0.1, -0.05) is 132 Å². The zero-order chi connectivity index (χ0) is 44.3. The standard InChI is InChI=1S/C48H80NO10P/c1-6-8-10-11-12-13-14-15-16-17-18-19-20-21-22-23-29-33-48(53)59-44(41-58-60(54,55)57-39-38-49(3,4)5)40-56-47(52)32-28-25-24-27-30-42-34-37-46(51)45(42)36-35-43(50)31-26-9-7-2/h15-16,18-19,21-22,24,27,34-37,42-45,50H,6-14,17,20,23,25-26,28-33,38-41H2,1-5H3/p+1/b16-15-,19-18-,22-21-,27-24-,36-35+/t42-,43-,44+,45+/m0/s1. The predicted octanol–water partition coefficient (Wildman–Crippen LogP) is 10.6. The lowest BCUT2D eigenvalue weighted by molar-refractivity contribution is -0.870. The van der Waals surface area contributed by atoms with Gasteiger partial charge in [0.15, 0.2) is 11.9 Å². The number of rotatable bonds is 37. The number of phosphoric ester groups is 1. The fourth-order valence-electron chi connectivity index (χ4n) is 6.25. The van der Waals surface area contributed by atoms with E-state index in [9.17, 15) is 28.9 Å². The smallest absolute Gasteiger partial charge is 0.462 e. The van der Waals surface area contributed by atoms with Crippen molar-refractivity contribution in [3.05, 3.63) is 72.9 Å². The zero-order valence-corrected chi connectivity index (χ0v) is 38.7. The number of nitrogens with zero attached hydrogens (tertiary/aromatic N) is 1. The van der Waals surface area contributed by atoms with Gasteiger partial charge in [-0.05, 0) is 76.2 Å². The first-order valence-electron chi connectivity index (χ1n) is 22.7. The second kappa shape index (κ2) is 34.6. The van der Waals surface area contributed by atoms with E-state index in [1.807, 2.05) is 51.5 Å². The fourth-order valence-corrected chi connectivity index (χ4v) is 7.00. The van der Waals surface area contributed by atoms with Gasteiger partial charge in [-0.25, -0.2) is 4.57 Å². The zero-order valence-electron chi connectivity index (χ0n) is 37.8. The normalized spacial score (nSPS) is 18.1. The lowest BCUT2D eigenvalue weighted by Crippen LogP contribution is -2.37. The molecule has 2 N–H and O–H groups in total. The van der Waals surface area contributed by atoms with Crippen LogP contribution < -0.4 is 0 Å². The quantitative estimate of drug-likeness (QED) is 0.0203. The SMILES string of the molecule is CCCCCCCC/C=C\C/C=C\C/C=C\CCCC(=O)O[C@H](COC(=O)CCC/C=C\C[C@H]1C=CC(=O)[C@@H]1/C=C/[C@@H](O)CCCCC)COP(=O)(O)OCC[N+](C)(C)C. The number of ketones is 1. The molecule has 0 heterocycles. The molecule has 0 saturated carbocycles. The molecule has 1 aliphatic rings. The molecule has 11 nitrogen and oxygen atoms in total. The minimum atomic E-state index is -4.44. The summed E-state index contributed by atoms with van der Waals surface area (Å²) >= 11 is 0. The molecule has 0 bridgehead atoms. The van der Waals surface area contributed by atoms with E-state index in [0.717, 1.165) is 38.5 Å². The van der Waals surface area contributed by atoms with Gasteiger partial charge < -0.3 is 24.0 Å². The summed E-state index contributed by atoms with van der Waals surface area (Å²) in [5.41, 5.74) is 0. The predicted molar refractivity (Wildman–Crippen MR) is 242 cm³/mol. The Balaban J connectivity index is 2.50. The average molecular weight is 863 g/mol. The van der Waals surface area contributed by atoms with Crippen LogP contribution in [0.1, 0.15) is 142 Å². The van der Waals surface area contributed by atoms with E-state index in [1.54, 1.807) is 12.2 Å². The number of phosphoric acid groups is 1. The summed E-state index contributed by atoms with van der Waals surface area (Å²) in [5, 5.41) is 10.2. The number of hydrogen-bond acceptors (Lipinski definition) is 9. The number of aliphatic hydroxyl groups is 1. The van der Waals surface area contributed by atoms with Gasteiger partial charge in [-0.15, -0.1) is 0 Å². The number of allylic oxidation sites excluding steroid dienone is 11. The third-order valence-electron chi connectivity index (χ3n) is 9.96. The highest BCUT2D eigenvalue weighted by Crippen LogP contribution is 2.43. The van der Waals surface area contributed by atoms with Gasteiger partial charge in [0, 0.05) is 18.8 Å². The fraction of sp³-hybridized carbons (Fsp3) is 0.688. The molecule has 1 rings (SSSR count). The molecule has 0 aromatic heterocycles. The molecular formula is C48H81NO10P+. The van der Waals surface area contributed by atoms with Gasteiger partial charge in [0.1, 0.15) is 19.8 Å². The van der Waals surface area contributed by atoms with Gasteiger partial charge in [0.2, 0.25) is 0 Å². The number of quaternary nitrogens is 1. The van der Waals surface area contributed by atoms with Crippen molar-refractivity contribution in [2.45, 2.75) is 154 Å². The van der Waals surface area contributed by atoms with Crippen LogP contribution in [0.3, 0.4) is 0 Å². The van der Waals surface area contributed by atoms with Crippen LogP contribution in [0.15, 0.2) is 72.9 Å². The maximum Gasteiger partial charge on any atom is 0.472 e. The lowest BCUT2D eigenvalue weighted by atomic mass is 9.90. The van der Waals surface area contributed by atoms with Crippen molar-refractivity contribution in [2.24, 2.45) is 11.8 Å². The summed E-state index contributed by atoms with van der Waals surface area (Å²) in [6, 6.07) is 0. The highest BCUT2D eigenvalue weighted by molar-refractivity contribution is 7.47. The summed E-state index contributed by atoms with van der Waals surface area (Å²) in [6.07, 6.45) is 40.2. The highest BCUT2D eigenvalue weighted by Gasteiger charge is 2.28. The largest absolute Gasteiger partial charge is 0.472 e. The Labute approximate surface area is 363 Å². The van der Waals surface area contributed by atoms with Crippen molar-refractivity contribution in [1.29, 1.82) is 0 Å². The molecule has 60 heavy (non-hydrogen) atoms. The number of carbonyl (C=O) groups is 3. The summed E-state index contributed by atoms with van der Waals surface area (Å²) in [7, 11) is 1.33. The topological polar surface area (TPSA) is 146 Å². The molecule has 0 amide bonds. The van der Waals surface area contributed by atoms with Gasteiger partial charge in [-0.2, -0.15) is 0 Å². The van der Waals surface area contributed by atoms with Crippen LogP contribution in [0.5, 0.6) is 0 Å². The number of esters is 2. The third-order valence-corrected chi connectivity index (χ3v) is 10.9. The molecule has 0 spiro atoms. The van der Waals surface area contributed by atoms with Crippen LogP contribution in [-0.2, 0) is 37.5 Å². The Morgan fingerprint density at radius 1 is 0.767 bits per heavy atom. The molecule has 1 unspecified atom stereocenters. The Kier molecular flexibility index (Phi) is 31.8. The van der Waals surface area contributed by atoms with Crippen LogP contribution in [0.2, 0.25) is 0 Å². The second-order valence-corrected chi connectivity index (χ2v) is 18.2. The van der Waals surface area contributed by atoms with Crippen molar-refractivity contribution in [3.63, 3.8) is 0 Å². The van der Waals surface area contributed by atoms with Crippen molar-refractivity contribution >= 4 is 25.5 Å². The minimum absolute atomic E-state index is 0.0126. The van der Waals surface area contributed by atoms with Crippen LogP contribution in [0, 0.1) is 11.8 Å². The molecule has 342 valence electrons. The first-order chi connectivity index (χ1) is 28.8. The van der Waals surface area contributed by atoms with Crippen molar-refractivity contribution in [3.8, 4) is 0 Å². The Morgan fingerprint density at radius 3 is 2.02 bits per heavy atom. The van der Waals surface area contributed by atoms with Crippen molar-refractivity contribution in [2.75, 3.05) is 47.5 Å². The van der Waals surface area contributed by atoms with Gasteiger partial charge in [-0.3, -0.25) is 23.4 Å². The number of ether oxygens (including phenoxy) is 2. The number of aliphatic hydroxyl groups excluding tert-OH is 1. The van der Waals surface area contributed by atoms with E-state index in [4.69, 9.17) is 18.5 Å². The lowest BCUT2D eigenvalue weighted by Gasteiger charge is -2.24. The van der Waals surface area contributed by atoms with Crippen molar-refractivity contribution < 1.29 is 52.0 Å². The Hall–Kier alpha value is -2.92. The monoisotopic (exact) mass is 863 g/mol. The van der Waals surface area contributed by atoms with Crippen LogP contribution in [0.25, 0.3) is 0 Å². The molecule has 0 saturated heterocycles. The van der Waals surface area contributed by atoms with Crippen molar-refractivity contribution in [1.82, 2.24) is 0 Å². The molecular weight excluding hydrogens is 781 g/mol.